The zero-order valence-corrected chi connectivity index (χ0v) is 15.1. The zero-order valence-electron chi connectivity index (χ0n) is 15.1. The fourth-order valence-electron chi connectivity index (χ4n) is 3.26. The van der Waals surface area contributed by atoms with Gasteiger partial charge < -0.3 is 25.8 Å². The molecule has 7 nitrogen and oxygen atoms in total. The molecule has 1 saturated heterocycles. The van der Waals surface area contributed by atoms with Gasteiger partial charge in [-0.2, -0.15) is 0 Å². The maximum absolute atomic E-state index is 12.4. The van der Waals surface area contributed by atoms with E-state index >= 15 is 0 Å². The smallest absolute Gasteiger partial charge is 0.250 e. The molecule has 1 heterocycles. The van der Waals surface area contributed by atoms with Gasteiger partial charge in [-0.1, -0.05) is 6.92 Å². The maximum Gasteiger partial charge on any atom is 0.250 e. The number of hydrogen-bond donors (Lipinski definition) is 3. The van der Waals surface area contributed by atoms with Crippen molar-refractivity contribution in [2.75, 3.05) is 32.6 Å². The summed E-state index contributed by atoms with van der Waals surface area (Å²) in [6, 6.07) is 3.04. The van der Waals surface area contributed by atoms with Crippen molar-refractivity contribution in [1.29, 1.82) is 0 Å². The number of primary amides is 1. The molecule has 1 unspecified atom stereocenters. The van der Waals surface area contributed by atoms with Crippen LogP contribution in [0.1, 0.15) is 36.5 Å². The zero-order chi connectivity index (χ0) is 18.4. The number of ether oxygens (including phenoxy) is 2. The van der Waals surface area contributed by atoms with E-state index in [1.165, 1.54) is 20.3 Å². The van der Waals surface area contributed by atoms with Crippen LogP contribution < -0.4 is 25.8 Å². The molecule has 0 aromatic heterocycles. The van der Waals surface area contributed by atoms with Crippen molar-refractivity contribution in [2.24, 2.45) is 17.6 Å². The third kappa shape index (κ3) is 4.85. The first kappa shape index (κ1) is 19.1. The molecule has 0 spiro atoms. The molecule has 138 valence electrons. The lowest BCUT2D eigenvalue weighted by atomic mass is 9.84. The van der Waals surface area contributed by atoms with Crippen LogP contribution in [0.25, 0.3) is 0 Å². The molecule has 4 N–H and O–H groups in total. The SMILES string of the molecule is COc1cc(NC(=O)CC(C)C2CCNCC2)c(C(N)=O)cc1OC. The third-order valence-corrected chi connectivity index (χ3v) is 4.76. The Morgan fingerprint density at radius 3 is 2.40 bits per heavy atom. The molecule has 1 atom stereocenters. The molecule has 1 aromatic carbocycles. The third-order valence-electron chi connectivity index (χ3n) is 4.76. The van der Waals surface area contributed by atoms with E-state index < -0.39 is 5.91 Å². The van der Waals surface area contributed by atoms with Crippen LogP contribution in [-0.2, 0) is 4.79 Å². The predicted molar refractivity (Wildman–Crippen MR) is 96.1 cm³/mol. The first-order chi connectivity index (χ1) is 12.0. The minimum Gasteiger partial charge on any atom is -0.493 e. The molecule has 7 heteroatoms. The first-order valence-corrected chi connectivity index (χ1v) is 8.52. The molecule has 25 heavy (non-hydrogen) atoms. The van der Waals surface area contributed by atoms with Gasteiger partial charge in [0.1, 0.15) is 0 Å². The van der Waals surface area contributed by atoms with Gasteiger partial charge in [-0.05, 0) is 43.8 Å². The highest BCUT2D eigenvalue weighted by Crippen LogP contribution is 2.33. The van der Waals surface area contributed by atoms with Crippen molar-refractivity contribution in [3.05, 3.63) is 17.7 Å². The molecule has 1 fully saturated rings. The molecule has 2 rings (SSSR count). The maximum atomic E-state index is 12.4. The summed E-state index contributed by atoms with van der Waals surface area (Å²) < 4.78 is 10.4. The molecule has 1 aromatic rings. The standard InChI is InChI=1S/C18H27N3O4/c1-11(12-4-6-20-7-5-12)8-17(22)21-14-10-16(25-3)15(24-2)9-13(14)18(19)23/h9-12,20H,4-8H2,1-3H3,(H2,19,23)(H,21,22). The van der Waals surface area contributed by atoms with Crippen molar-refractivity contribution in [3.63, 3.8) is 0 Å². The summed E-state index contributed by atoms with van der Waals surface area (Å²) in [4.78, 5) is 24.2. The number of benzene rings is 1. The minimum atomic E-state index is -0.636. The van der Waals surface area contributed by atoms with Gasteiger partial charge in [0, 0.05) is 12.5 Å². The number of hydrogen-bond acceptors (Lipinski definition) is 5. The van der Waals surface area contributed by atoms with Crippen molar-refractivity contribution in [1.82, 2.24) is 5.32 Å². The van der Waals surface area contributed by atoms with Gasteiger partial charge in [-0.3, -0.25) is 9.59 Å². The normalized spacial score (nSPS) is 16.1. The average Bonchev–Trinajstić information content (AvgIpc) is 2.61. The summed E-state index contributed by atoms with van der Waals surface area (Å²) in [6.07, 6.45) is 2.56. The fraction of sp³-hybridized carbons (Fsp3) is 0.556. The number of carbonyl (C=O) groups is 2. The van der Waals surface area contributed by atoms with Gasteiger partial charge >= 0.3 is 0 Å². The van der Waals surface area contributed by atoms with Crippen LogP contribution in [0.2, 0.25) is 0 Å². The number of carbonyl (C=O) groups excluding carboxylic acids is 2. The first-order valence-electron chi connectivity index (χ1n) is 8.52. The van der Waals surface area contributed by atoms with E-state index in [0.717, 1.165) is 25.9 Å². The Morgan fingerprint density at radius 2 is 1.84 bits per heavy atom. The number of nitrogens with one attached hydrogen (secondary N) is 2. The van der Waals surface area contributed by atoms with Crippen LogP contribution in [0.4, 0.5) is 5.69 Å². The highest BCUT2D eigenvalue weighted by atomic mass is 16.5. The molecule has 0 bridgehead atoms. The van der Waals surface area contributed by atoms with Gasteiger partial charge in [0.25, 0.3) is 5.91 Å². The molecular formula is C18H27N3O4. The topological polar surface area (TPSA) is 103 Å². The summed E-state index contributed by atoms with van der Waals surface area (Å²) in [5.41, 5.74) is 5.97. The monoisotopic (exact) mass is 349 g/mol. The van der Waals surface area contributed by atoms with Crippen LogP contribution in [0.3, 0.4) is 0 Å². The van der Waals surface area contributed by atoms with E-state index in [-0.39, 0.29) is 17.4 Å². The van der Waals surface area contributed by atoms with Crippen molar-refractivity contribution >= 4 is 17.5 Å². The second-order valence-corrected chi connectivity index (χ2v) is 6.43. The van der Waals surface area contributed by atoms with Crippen LogP contribution >= 0.6 is 0 Å². The number of rotatable bonds is 7. The highest BCUT2D eigenvalue weighted by molar-refractivity contribution is 6.03. The Labute approximate surface area is 148 Å². The average molecular weight is 349 g/mol. The number of nitrogens with two attached hydrogens (primary N) is 1. The summed E-state index contributed by atoms with van der Waals surface area (Å²) in [5.74, 6) is 0.849. The second kappa shape index (κ2) is 8.71. The number of amides is 2. The summed E-state index contributed by atoms with van der Waals surface area (Å²) in [7, 11) is 2.97. The molecule has 0 aliphatic carbocycles. The van der Waals surface area contributed by atoms with Crippen molar-refractivity contribution in [3.8, 4) is 11.5 Å². The lowest BCUT2D eigenvalue weighted by Crippen LogP contribution is -2.32. The van der Waals surface area contributed by atoms with Crippen LogP contribution in [0.5, 0.6) is 11.5 Å². The van der Waals surface area contributed by atoms with Gasteiger partial charge in [0.2, 0.25) is 5.91 Å². The van der Waals surface area contributed by atoms with Gasteiger partial charge in [0.15, 0.2) is 11.5 Å². The van der Waals surface area contributed by atoms with E-state index in [4.69, 9.17) is 15.2 Å². The van der Waals surface area contributed by atoms with E-state index in [9.17, 15) is 9.59 Å². The predicted octanol–water partition coefficient (Wildman–Crippen LogP) is 1.77. The van der Waals surface area contributed by atoms with E-state index in [1.807, 2.05) is 0 Å². The molecular weight excluding hydrogens is 322 g/mol. The Kier molecular flexibility index (Phi) is 6.64. The highest BCUT2D eigenvalue weighted by Gasteiger charge is 2.23. The Bertz CT molecular complexity index is 627. The quantitative estimate of drug-likeness (QED) is 0.696. The van der Waals surface area contributed by atoms with E-state index in [0.29, 0.717) is 29.5 Å². The van der Waals surface area contributed by atoms with Crippen molar-refractivity contribution in [2.45, 2.75) is 26.2 Å². The molecule has 0 radical (unpaired) electrons. The Hall–Kier alpha value is -2.28. The van der Waals surface area contributed by atoms with Crippen LogP contribution in [0, 0.1) is 11.8 Å². The Morgan fingerprint density at radius 1 is 1.24 bits per heavy atom. The molecule has 1 aliphatic rings. The van der Waals surface area contributed by atoms with E-state index in [2.05, 4.69) is 17.6 Å². The summed E-state index contributed by atoms with van der Waals surface area (Å²) >= 11 is 0. The summed E-state index contributed by atoms with van der Waals surface area (Å²) in [5, 5.41) is 6.13. The van der Waals surface area contributed by atoms with Crippen LogP contribution in [-0.4, -0.2) is 39.1 Å². The Balaban J connectivity index is 2.11. The summed E-state index contributed by atoms with van der Waals surface area (Å²) in [6.45, 7) is 4.09. The van der Waals surface area contributed by atoms with Crippen molar-refractivity contribution < 1.29 is 19.1 Å². The fourth-order valence-corrected chi connectivity index (χ4v) is 3.26. The van der Waals surface area contributed by atoms with Gasteiger partial charge in [-0.25, -0.2) is 0 Å². The lowest BCUT2D eigenvalue weighted by molar-refractivity contribution is -0.117. The second-order valence-electron chi connectivity index (χ2n) is 6.43. The molecule has 2 amide bonds. The number of anilines is 1. The number of piperidine rings is 1. The van der Waals surface area contributed by atoms with Gasteiger partial charge in [0.05, 0.1) is 25.5 Å². The largest absolute Gasteiger partial charge is 0.493 e. The minimum absolute atomic E-state index is 0.138. The van der Waals surface area contributed by atoms with E-state index in [1.54, 1.807) is 6.07 Å². The molecule has 0 saturated carbocycles. The van der Waals surface area contributed by atoms with Gasteiger partial charge in [-0.15, -0.1) is 0 Å². The molecule has 1 aliphatic heterocycles. The van der Waals surface area contributed by atoms with Crippen LogP contribution in [0.15, 0.2) is 12.1 Å². The lowest BCUT2D eigenvalue weighted by Gasteiger charge is -2.28. The number of methoxy groups -OCH3 is 2.